The maximum atomic E-state index is 12.5. The molecule has 0 N–H and O–H groups in total. The van der Waals surface area contributed by atoms with Crippen molar-refractivity contribution >= 4 is 5.97 Å². The van der Waals surface area contributed by atoms with Crippen LogP contribution in [0.1, 0.15) is 44.4 Å². The largest absolute Gasteiger partial charge is 0.461 e. The molecule has 0 saturated heterocycles. The van der Waals surface area contributed by atoms with Crippen molar-refractivity contribution in [3.05, 3.63) is 82.9 Å². The molecule has 0 bridgehead atoms. The molecule has 0 radical (unpaired) electrons. The van der Waals surface area contributed by atoms with E-state index in [-0.39, 0.29) is 17.3 Å². The lowest BCUT2D eigenvalue weighted by molar-refractivity contribution is -0.147. The first-order valence-corrected chi connectivity index (χ1v) is 9.31. The normalized spacial score (nSPS) is 20.3. The average molecular weight is 348 g/mol. The minimum atomic E-state index is -0.0778. The van der Waals surface area contributed by atoms with E-state index in [0.717, 1.165) is 12.0 Å². The Labute approximate surface area is 156 Å². The van der Waals surface area contributed by atoms with Crippen molar-refractivity contribution in [2.75, 3.05) is 0 Å². The number of benzene rings is 2. The van der Waals surface area contributed by atoms with Crippen molar-refractivity contribution in [1.82, 2.24) is 0 Å². The molecular weight excluding hydrogens is 320 g/mol. The SMILES string of the molecule is CC(C)=CC1C(C(=O)OCc2cccc(Cc3ccccc3)c2)C1(C)C. The summed E-state index contributed by atoms with van der Waals surface area (Å²) in [5, 5.41) is 0. The number of esters is 1. The zero-order valence-electron chi connectivity index (χ0n) is 16.2. The van der Waals surface area contributed by atoms with Gasteiger partial charge in [-0.15, -0.1) is 0 Å². The van der Waals surface area contributed by atoms with E-state index in [4.69, 9.17) is 4.74 Å². The minimum absolute atomic E-state index is 0.00348. The molecule has 0 aliphatic heterocycles. The molecule has 1 aliphatic carbocycles. The average Bonchev–Trinajstić information content (AvgIpc) is 3.13. The van der Waals surface area contributed by atoms with Crippen LogP contribution in [0, 0.1) is 17.3 Å². The molecule has 2 heteroatoms. The van der Waals surface area contributed by atoms with E-state index in [0.29, 0.717) is 12.5 Å². The molecule has 2 atom stereocenters. The standard InChI is InChI=1S/C24H28O2/c1-17(2)13-21-22(24(21,3)4)23(25)26-16-20-12-8-11-19(15-20)14-18-9-6-5-7-10-18/h5-13,15,21-22H,14,16H2,1-4H3. The van der Waals surface area contributed by atoms with Crippen LogP contribution < -0.4 is 0 Å². The highest BCUT2D eigenvalue weighted by Gasteiger charge is 2.61. The van der Waals surface area contributed by atoms with E-state index in [9.17, 15) is 4.79 Å². The quantitative estimate of drug-likeness (QED) is 0.505. The van der Waals surface area contributed by atoms with Gasteiger partial charge >= 0.3 is 5.97 Å². The number of rotatable bonds is 6. The van der Waals surface area contributed by atoms with Crippen LogP contribution in [0.15, 0.2) is 66.2 Å². The fourth-order valence-corrected chi connectivity index (χ4v) is 3.70. The molecule has 0 spiro atoms. The van der Waals surface area contributed by atoms with Gasteiger partial charge in [0.2, 0.25) is 0 Å². The van der Waals surface area contributed by atoms with Crippen LogP contribution in [0.2, 0.25) is 0 Å². The predicted octanol–water partition coefficient (Wildman–Crippen LogP) is 5.56. The predicted molar refractivity (Wildman–Crippen MR) is 106 cm³/mol. The summed E-state index contributed by atoms with van der Waals surface area (Å²) in [6.45, 7) is 8.78. The van der Waals surface area contributed by atoms with Gasteiger partial charge in [-0.1, -0.05) is 80.1 Å². The van der Waals surface area contributed by atoms with Crippen LogP contribution in [0.3, 0.4) is 0 Å². The Hall–Kier alpha value is -2.35. The zero-order valence-corrected chi connectivity index (χ0v) is 16.2. The second-order valence-electron chi connectivity index (χ2n) is 8.16. The first kappa shape index (κ1) is 18.4. The lowest BCUT2D eigenvalue weighted by Crippen LogP contribution is -2.10. The third-order valence-corrected chi connectivity index (χ3v) is 5.30. The van der Waals surface area contributed by atoms with Gasteiger partial charge in [0.15, 0.2) is 0 Å². The Morgan fingerprint density at radius 2 is 1.65 bits per heavy atom. The first-order chi connectivity index (χ1) is 12.4. The lowest BCUT2D eigenvalue weighted by atomic mass is 10.0. The molecule has 2 aromatic carbocycles. The van der Waals surface area contributed by atoms with E-state index in [1.807, 2.05) is 18.2 Å². The number of hydrogen-bond donors (Lipinski definition) is 0. The highest BCUT2D eigenvalue weighted by molar-refractivity contribution is 5.78. The van der Waals surface area contributed by atoms with Gasteiger partial charge in [0.1, 0.15) is 6.61 Å². The van der Waals surface area contributed by atoms with Gasteiger partial charge in [0.05, 0.1) is 5.92 Å². The fourth-order valence-electron chi connectivity index (χ4n) is 3.70. The second kappa shape index (κ2) is 7.49. The maximum Gasteiger partial charge on any atom is 0.310 e. The summed E-state index contributed by atoms with van der Waals surface area (Å²) in [6, 6.07) is 18.7. The second-order valence-corrected chi connectivity index (χ2v) is 8.16. The number of hydrogen-bond acceptors (Lipinski definition) is 2. The molecule has 0 heterocycles. The summed E-state index contributed by atoms with van der Waals surface area (Å²) in [5.74, 6) is 0.195. The molecule has 136 valence electrons. The van der Waals surface area contributed by atoms with Crippen LogP contribution >= 0.6 is 0 Å². The smallest absolute Gasteiger partial charge is 0.310 e. The van der Waals surface area contributed by atoms with Gasteiger partial charge in [0.25, 0.3) is 0 Å². The monoisotopic (exact) mass is 348 g/mol. The molecule has 0 amide bonds. The van der Waals surface area contributed by atoms with Crippen molar-refractivity contribution in [1.29, 1.82) is 0 Å². The lowest BCUT2D eigenvalue weighted by Gasteiger charge is -2.08. The van der Waals surface area contributed by atoms with Crippen LogP contribution in [-0.2, 0) is 22.6 Å². The van der Waals surface area contributed by atoms with Crippen LogP contribution in [0.4, 0.5) is 0 Å². The molecule has 2 aromatic rings. The molecule has 1 fully saturated rings. The number of ether oxygens (including phenoxy) is 1. The van der Waals surface area contributed by atoms with Gasteiger partial charge in [-0.2, -0.15) is 0 Å². The van der Waals surface area contributed by atoms with Crippen molar-refractivity contribution in [2.45, 2.75) is 40.7 Å². The minimum Gasteiger partial charge on any atom is -0.461 e. The van der Waals surface area contributed by atoms with Crippen LogP contribution in [-0.4, -0.2) is 5.97 Å². The highest BCUT2D eigenvalue weighted by Crippen LogP contribution is 2.59. The third kappa shape index (κ3) is 4.24. The third-order valence-electron chi connectivity index (χ3n) is 5.30. The van der Waals surface area contributed by atoms with Crippen molar-refractivity contribution in [3.63, 3.8) is 0 Å². The number of carbonyl (C=O) groups is 1. The number of allylic oxidation sites excluding steroid dienone is 2. The summed E-state index contributed by atoms with van der Waals surface area (Å²) in [5.41, 5.74) is 4.82. The molecule has 2 unspecified atom stereocenters. The molecule has 2 nitrogen and oxygen atoms in total. The Morgan fingerprint density at radius 1 is 1.00 bits per heavy atom. The molecule has 26 heavy (non-hydrogen) atoms. The molecule has 1 saturated carbocycles. The van der Waals surface area contributed by atoms with Gasteiger partial charge < -0.3 is 4.74 Å². The van der Waals surface area contributed by atoms with E-state index in [1.54, 1.807) is 0 Å². The summed E-state index contributed by atoms with van der Waals surface area (Å²) in [4.78, 5) is 12.5. The molecule has 1 aliphatic rings. The van der Waals surface area contributed by atoms with Crippen molar-refractivity contribution in [3.8, 4) is 0 Å². The summed E-state index contributed by atoms with van der Waals surface area (Å²) in [7, 11) is 0. The molecule has 0 aromatic heterocycles. The van der Waals surface area contributed by atoms with E-state index in [1.165, 1.54) is 16.7 Å². The van der Waals surface area contributed by atoms with Gasteiger partial charge in [-0.3, -0.25) is 4.79 Å². The Bertz CT molecular complexity index is 798. The highest BCUT2D eigenvalue weighted by atomic mass is 16.5. The molecule has 3 rings (SSSR count). The summed E-state index contributed by atoms with van der Waals surface area (Å²) in [6.07, 6.45) is 3.09. The van der Waals surface area contributed by atoms with Crippen molar-refractivity contribution < 1.29 is 9.53 Å². The van der Waals surface area contributed by atoms with Gasteiger partial charge in [-0.05, 0) is 48.3 Å². The van der Waals surface area contributed by atoms with Gasteiger partial charge in [0, 0.05) is 0 Å². The summed E-state index contributed by atoms with van der Waals surface area (Å²) >= 11 is 0. The summed E-state index contributed by atoms with van der Waals surface area (Å²) < 4.78 is 5.64. The maximum absolute atomic E-state index is 12.5. The fraction of sp³-hybridized carbons (Fsp3) is 0.375. The van der Waals surface area contributed by atoms with Crippen LogP contribution in [0.25, 0.3) is 0 Å². The van der Waals surface area contributed by atoms with Gasteiger partial charge in [-0.25, -0.2) is 0 Å². The van der Waals surface area contributed by atoms with Crippen LogP contribution in [0.5, 0.6) is 0 Å². The molecular formula is C24H28O2. The number of carbonyl (C=O) groups excluding carboxylic acids is 1. The van der Waals surface area contributed by atoms with E-state index in [2.05, 4.69) is 70.2 Å². The first-order valence-electron chi connectivity index (χ1n) is 9.31. The Balaban J connectivity index is 1.59. The zero-order chi connectivity index (χ0) is 18.7. The topological polar surface area (TPSA) is 26.3 Å². The Morgan fingerprint density at radius 3 is 2.35 bits per heavy atom. The van der Waals surface area contributed by atoms with E-state index >= 15 is 0 Å². The van der Waals surface area contributed by atoms with E-state index < -0.39 is 0 Å². The van der Waals surface area contributed by atoms with Crippen molar-refractivity contribution in [2.24, 2.45) is 17.3 Å². The Kier molecular flexibility index (Phi) is 5.31.